The number of nitrogens with one attached hydrogen (secondary N) is 2. The highest BCUT2D eigenvalue weighted by Crippen LogP contribution is 2.28. The molecule has 1 aliphatic heterocycles. The van der Waals surface area contributed by atoms with E-state index in [1.165, 1.54) is 0 Å². The zero-order valence-corrected chi connectivity index (χ0v) is 18.3. The number of halogens is 3. The van der Waals surface area contributed by atoms with E-state index in [0.717, 1.165) is 12.6 Å². The highest BCUT2D eigenvalue weighted by atomic mass is 19.4. The van der Waals surface area contributed by atoms with Gasteiger partial charge in [0, 0.05) is 24.6 Å². The number of alkyl halides is 3. The molecular weight excluding hydrogens is 449 g/mol. The molecule has 10 heteroatoms. The Balaban J connectivity index is 1.61. The first kappa shape index (κ1) is 23.5. The first-order chi connectivity index (χ1) is 16.2. The molecule has 0 aliphatic carbocycles. The molecule has 1 saturated heterocycles. The summed E-state index contributed by atoms with van der Waals surface area (Å²) >= 11 is 0. The average Bonchev–Trinajstić information content (AvgIpc) is 3.44. The normalized spacial score (nSPS) is 16.8. The van der Waals surface area contributed by atoms with Crippen molar-refractivity contribution in [2.75, 3.05) is 11.9 Å². The smallest absolute Gasteiger partial charge is 0.364 e. The predicted molar refractivity (Wildman–Crippen MR) is 119 cm³/mol. The lowest BCUT2D eigenvalue weighted by atomic mass is 10.1. The molecule has 2 heterocycles. The van der Waals surface area contributed by atoms with E-state index in [1.807, 2.05) is 30.3 Å². The largest absolute Gasteiger partial charge is 0.414 e. The van der Waals surface area contributed by atoms with E-state index in [2.05, 4.69) is 15.7 Å². The summed E-state index contributed by atoms with van der Waals surface area (Å²) in [6.07, 6.45) is -6.20. The van der Waals surface area contributed by atoms with Gasteiger partial charge in [0.1, 0.15) is 0 Å². The van der Waals surface area contributed by atoms with E-state index in [-0.39, 0.29) is 31.4 Å². The number of carbonyl (C=O) groups excluding carboxylic acids is 2. The monoisotopic (exact) mass is 472 g/mol. The molecule has 0 spiro atoms. The molecule has 0 unspecified atom stereocenters. The number of para-hydroxylation sites is 1. The average molecular weight is 472 g/mol. The zero-order valence-electron chi connectivity index (χ0n) is 18.3. The maximum atomic E-state index is 12.8. The van der Waals surface area contributed by atoms with Gasteiger partial charge in [-0.25, -0.2) is 4.68 Å². The Kier molecular flexibility index (Phi) is 6.69. The van der Waals surface area contributed by atoms with Gasteiger partial charge in [-0.2, -0.15) is 13.2 Å². The van der Waals surface area contributed by atoms with Gasteiger partial charge in [0.05, 0.1) is 23.9 Å². The predicted octanol–water partition coefficient (Wildman–Crippen LogP) is 4.08. The van der Waals surface area contributed by atoms with E-state index in [9.17, 15) is 22.8 Å². The number of rotatable bonds is 7. The summed E-state index contributed by atoms with van der Waals surface area (Å²) in [6, 6.07) is 17.9. The molecule has 1 fully saturated rings. The van der Waals surface area contributed by atoms with Crippen molar-refractivity contribution in [3.05, 3.63) is 66.2 Å². The van der Waals surface area contributed by atoms with E-state index < -0.39 is 18.2 Å². The van der Waals surface area contributed by atoms with Crippen LogP contribution in [0.2, 0.25) is 0 Å². The van der Waals surface area contributed by atoms with Crippen LogP contribution in [0.4, 0.5) is 19.0 Å². The first-order valence-electron chi connectivity index (χ1n) is 10.7. The molecule has 178 valence electrons. The molecular formula is C24H23F3N4O3. The minimum Gasteiger partial charge on any atom is -0.364 e. The first-order valence-corrected chi connectivity index (χ1v) is 10.7. The molecule has 0 bridgehead atoms. The number of hydrogen-bond donors (Lipinski definition) is 2. The van der Waals surface area contributed by atoms with Crippen molar-refractivity contribution >= 4 is 17.6 Å². The quantitative estimate of drug-likeness (QED) is 0.543. The van der Waals surface area contributed by atoms with Crippen LogP contribution in [0.15, 0.2) is 60.7 Å². The van der Waals surface area contributed by atoms with Crippen LogP contribution in [0.5, 0.6) is 0 Å². The second-order valence-corrected chi connectivity index (χ2v) is 8.05. The van der Waals surface area contributed by atoms with Crippen molar-refractivity contribution in [2.45, 2.75) is 32.2 Å². The molecule has 0 saturated carbocycles. The Morgan fingerprint density at radius 1 is 1.21 bits per heavy atom. The standard InChI is InChI=1S/C24H23F3N4O3/c1-15(24(25,26)27)34-14-16-6-5-7-17(10-16)20-12-21(29-23(33)18-11-22(32)28-13-18)30-31(20)19-8-3-2-4-9-19/h2-10,12,15,18H,11,13-14H2,1H3,(H,28,32)(H,29,30,33)/t15-,18+/m1/s1. The van der Waals surface area contributed by atoms with Gasteiger partial charge < -0.3 is 15.4 Å². The minimum atomic E-state index is -4.43. The van der Waals surface area contributed by atoms with E-state index >= 15 is 0 Å². The number of ether oxygens (including phenoxy) is 1. The second-order valence-electron chi connectivity index (χ2n) is 8.05. The number of hydrogen-bond acceptors (Lipinski definition) is 4. The van der Waals surface area contributed by atoms with Crippen molar-refractivity contribution in [2.24, 2.45) is 5.92 Å². The lowest BCUT2D eigenvalue weighted by Crippen LogP contribution is -2.28. The van der Waals surface area contributed by atoms with Crippen LogP contribution in [0.25, 0.3) is 16.9 Å². The van der Waals surface area contributed by atoms with Crippen molar-refractivity contribution < 1.29 is 27.5 Å². The Labute approximate surface area is 193 Å². The van der Waals surface area contributed by atoms with Gasteiger partial charge in [-0.05, 0) is 30.7 Å². The fraction of sp³-hybridized carbons (Fsp3) is 0.292. The molecule has 1 aliphatic rings. The van der Waals surface area contributed by atoms with Crippen LogP contribution in [0.1, 0.15) is 18.9 Å². The van der Waals surface area contributed by atoms with Crippen molar-refractivity contribution in [1.29, 1.82) is 0 Å². The lowest BCUT2D eigenvalue weighted by Gasteiger charge is -2.16. The van der Waals surface area contributed by atoms with Crippen LogP contribution < -0.4 is 10.6 Å². The Bertz CT molecular complexity index is 1180. The summed E-state index contributed by atoms with van der Waals surface area (Å²) in [7, 11) is 0. The highest BCUT2D eigenvalue weighted by Gasteiger charge is 2.36. The highest BCUT2D eigenvalue weighted by molar-refractivity contribution is 5.97. The Hall–Kier alpha value is -3.66. The van der Waals surface area contributed by atoms with Crippen molar-refractivity contribution in [3.8, 4) is 16.9 Å². The van der Waals surface area contributed by atoms with Gasteiger partial charge in [-0.3, -0.25) is 9.59 Å². The number of aromatic nitrogens is 2. The molecule has 3 aromatic rings. The lowest BCUT2D eigenvalue weighted by molar-refractivity contribution is -0.217. The summed E-state index contributed by atoms with van der Waals surface area (Å²) in [4.78, 5) is 24.0. The molecule has 2 N–H and O–H groups in total. The number of carbonyl (C=O) groups is 2. The third-order valence-electron chi connectivity index (χ3n) is 5.49. The zero-order chi connectivity index (χ0) is 24.3. The van der Waals surface area contributed by atoms with E-state index in [1.54, 1.807) is 35.0 Å². The van der Waals surface area contributed by atoms with Gasteiger partial charge in [0.2, 0.25) is 11.8 Å². The van der Waals surface area contributed by atoms with Crippen LogP contribution in [0.3, 0.4) is 0 Å². The van der Waals surface area contributed by atoms with Gasteiger partial charge in [-0.1, -0.05) is 36.4 Å². The Morgan fingerprint density at radius 3 is 2.65 bits per heavy atom. The second kappa shape index (κ2) is 9.68. The molecule has 2 amide bonds. The summed E-state index contributed by atoms with van der Waals surface area (Å²) in [6.45, 7) is 1.03. The third kappa shape index (κ3) is 5.45. The molecule has 1 aromatic heterocycles. The van der Waals surface area contributed by atoms with Crippen LogP contribution in [0, 0.1) is 5.92 Å². The van der Waals surface area contributed by atoms with Crippen molar-refractivity contribution in [1.82, 2.24) is 15.1 Å². The molecule has 2 atom stereocenters. The fourth-order valence-corrected chi connectivity index (χ4v) is 3.57. The van der Waals surface area contributed by atoms with Crippen LogP contribution in [-0.2, 0) is 20.9 Å². The maximum Gasteiger partial charge on any atom is 0.414 e. The summed E-state index contributed by atoms with van der Waals surface area (Å²) in [5, 5.41) is 9.92. The number of benzene rings is 2. The molecule has 34 heavy (non-hydrogen) atoms. The number of amides is 2. The van der Waals surface area contributed by atoms with E-state index in [0.29, 0.717) is 22.6 Å². The van der Waals surface area contributed by atoms with Crippen LogP contribution >= 0.6 is 0 Å². The van der Waals surface area contributed by atoms with Gasteiger partial charge in [0.25, 0.3) is 0 Å². The number of nitrogens with zero attached hydrogens (tertiary/aromatic N) is 2. The minimum absolute atomic E-state index is 0.122. The van der Waals surface area contributed by atoms with Gasteiger partial charge >= 0.3 is 6.18 Å². The maximum absolute atomic E-state index is 12.8. The van der Waals surface area contributed by atoms with Crippen LogP contribution in [-0.4, -0.2) is 40.4 Å². The summed E-state index contributed by atoms with van der Waals surface area (Å²) in [5.41, 5.74) is 2.63. The SMILES string of the molecule is C[C@@H](OCc1cccc(-c2cc(NC(=O)[C@@H]3CNC(=O)C3)nn2-c2ccccc2)c1)C(F)(F)F. The summed E-state index contributed by atoms with van der Waals surface area (Å²) in [5.74, 6) is -0.662. The molecule has 0 radical (unpaired) electrons. The summed E-state index contributed by atoms with van der Waals surface area (Å²) < 4.78 is 45.0. The molecule has 2 aromatic carbocycles. The van der Waals surface area contributed by atoms with Crippen molar-refractivity contribution in [3.63, 3.8) is 0 Å². The topological polar surface area (TPSA) is 85.2 Å². The van der Waals surface area contributed by atoms with Gasteiger partial charge in [0.15, 0.2) is 11.9 Å². The molecule has 4 rings (SSSR count). The van der Waals surface area contributed by atoms with E-state index in [4.69, 9.17) is 4.74 Å². The van der Waals surface area contributed by atoms with Gasteiger partial charge in [-0.15, -0.1) is 5.10 Å². The third-order valence-corrected chi connectivity index (χ3v) is 5.49. The fourth-order valence-electron chi connectivity index (χ4n) is 3.57. The molecule has 7 nitrogen and oxygen atoms in total. The number of anilines is 1. The Morgan fingerprint density at radius 2 is 1.97 bits per heavy atom.